The average Bonchev–Trinajstić information content (AvgIpc) is 3.53. The molecule has 0 bridgehead atoms. The number of nitrogens with one attached hydrogen (secondary N) is 1. The van der Waals surface area contributed by atoms with E-state index >= 15 is 0 Å². The molecule has 2 aromatic heterocycles. The van der Waals surface area contributed by atoms with Crippen molar-refractivity contribution in [3.8, 4) is 0 Å². The van der Waals surface area contributed by atoms with E-state index in [9.17, 15) is 0 Å². The van der Waals surface area contributed by atoms with Crippen LogP contribution >= 0.6 is 11.5 Å². The van der Waals surface area contributed by atoms with E-state index in [0.29, 0.717) is 5.92 Å². The number of hydrogen-bond acceptors (Lipinski definition) is 7. The minimum atomic E-state index is 0.534. The van der Waals surface area contributed by atoms with Crippen LogP contribution in [0.5, 0.6) is 0 Å². The molecule has 4 rings (SSSR count). The van der Waals surface area contributed by atoms with Crippen molar-refractivity contribution in [1.29, 1.82) is 0 Å². The lowest BCUT2D eigenvalue weighted by atomic mass is 10.1. The first-order valence-electron chi connectivity index (χ1n) is 10.5. The molecule has 0 aromatic carbocycles. The van der Waals surface area contributed by atoms with Gasteiger partial charge in [-0.2, -0.15) is 4.37 Å². The van der Waals surface area contributed by atoms with Crippen molar-refractivity contribution in [2.24, 2.45) is 10.9 Å². The first kappa shape index (κ1) is 20.2. The van der Waals surface area contributed by atoms with Gasteiger partial charge in [-0.3, -0.25) is 4.99 Å². The summed E-state index contributed by atoms with van der Waals surface area (Å²) in [6, 6.07) is 3.95. The first-order chi connectivity index (χ1) is 14.3. The van der Waals surface area contributed by atoms with Gasteiger partial charge in [0.05, 0.1) is 12.9 Å². The third-order valence-electron chi connectivity index (χ3n) is 5.38. The van der Waals surface area contributed by atoms with Crippen LogP contribution in [0.1, 0.15) is 24.9 Å². The smallest absolute Gasteiger partial charge is 0.205 e. The summed E-state index contributed by atoms with van der Waals surface area (Å²) >= 11 is 1.51. The lowest BCUT2D eigenvalue weighted by molar-refractivity contribution is 0.187. The molecule has 8 nitrogen and oxygen atoms in total. The highest BCUT2D eigenvalue weighted by atomic mass is 32.1. The second-order valence-corrected chi connectivity index (χ2v) is 8.20. The quantitative estimate of drug-likeness (QED) is 0.544. The van der Waals surface area contributed by atoms with Crippen molar-refractivity contribution in [3.05, 3.63) is 30.0 Å². The van der Waals surface area contributed by atoms with Crippen molar-refractivity contribution in [1.82, 2.24) is 19.6 Å². The molecule has 2 aliphatic rings. The van der Waals surface area contributed by atoms with Gasteiger partial charge in [0.1, 0.15) is 11.6 Å². The molecule has 2 saturated heterocycles. The van der Waals surface area contributed by atoms with Crippen LogP contribution in [-0.2, 0) is 17.6 Å². The SMILES string of the molecule is CCc1nsc(N2CCN(C(=NCC3CCOC3)NCCc3ccco3)CC2)n1. The Hall–Kier alpha value is -2.13. The number of anilines is 1. The van der Waals surface area contributed by atoms with E-state index in [1.807, 2.05) is 12.1 Å². The number of hydrogen-bond donors (Lipinski definition) is 1. The summed E-state index contributed by atoms with van der Waals surface area (Å²) in [5.41, 5.74) is 0. The molecule has 158 valence electrons. The van der Waals surface area contributed by atoms with Crippen molar-refractivity contribution in [3.63, 3.8) is 0 Å². The maximum Gasteiger partial charge on any atom is 0.205 e. The molecule has 0 radical (unpaired) electrons. The summed E-state index contributed by atoms with van der Waals surface area (Å²) in [5.74, 6) is 3.46. The Morgan fingerprint density at radius 2 is 2.24 bits per heavy atom. The second kappa shape index (κ2) is 10.1. The molecular weight excluding hydrogens is 388 g/mol. The van der Waals surface area contributed by atoms with Crippen molar-refractivity contribution in [2.45, 2.75) is 26.2 Å². The number of ether oxygens (including phenoxy) is 1. The number of guanidine groups is 1. The lowest BCUT2D eigenvalue weighted by Crippen LogP contribution is -2.53. The molecule has 1 unspecified atom stereocenters. The van der Waals surface area contributed by atoms with Crippen LogP contribution in [0, 0.1) is 5.92 Å². The van der Waals surface area contributed by atoms with Gasteiger partial charge >= 0.3 is 0 Å². The Bertz CT molecular complexity index is 764. The molecule has 29 heavy (non-hydrogen) atoms. The van der Waals surface area contributed by atoms with Crippen molar-refractivity contribution >= 4 is 22.6 Å². The van der Waals surface area contributed by atoms with Gasteiger partial charge in [0.25, 0.3) is 0 Å². The number of aryl methyl sites for hydroxylation is 1. The predicted molar refractivity (Wildman–Crippen MR) is 115 cm³/mol. The molecular formula is C20H30N6O2S. The molecule has 0 saturated carbocycles. The molecule has 9 heteroatoms. The highest BCUT2D eigenvalue weighted by Crippen LogP contribution is 2.19. The van der Waals surface area contributed by atoms with Gasteiger partial charge in [-0.1, -0.05) is 6.92 Å². The Balaban J connectivity index is 1.34. The van der Waals surface area contributed by atoms with Crippen molar-refractivity contribution in [2.75, 3.05) is 57.4 Å². The normalized spacial score (nSPS) is 20.4. The number of piperazine rings is 1. The maximum absolute atomic E-state index is 5.51. The third kappa shape index (κ3) is 5.48. The van der Waals surface area contributed by atoms with E-state index in [1.54, 1.807) is 6.26 Å². The van der Waals surface area contributed by atoms with Crippen LogP contribution in [0.4, 0.5) is 5.13 Å². The second-order valence-electron chi connectivity index (χ2n) is 7.47. The Labute approximate surface area is 176 Å². The van der Waals surface area contributed by atoms with Crippen molar-refractivity contribution < 1.29 is 9.15 Å². The van der Waals surface area contributed by atoms with Crippen LogP contribution in [0.3, 0.4) is 0 Å². The minimum absolute atomic E-state index is 0.534. The first-order valence-corrected chi connectivity index (χ1v) is 11.3. The summed E-state index contributed by atoms with van der Waals surface area (Å²) in [7, 11) is 0. The molecule has 1 atom stereocenters. The van der Waals surface area contributed by atoms with Gasteiger partial charge in [-0.25, -0.2) is 4.98 Å². The van der Waals surface area contributed by atoms with E-state index in [1.165, 1.54) is 11.5 Å². The van der Waals surface area contributed by atoms with E-state index < -0.39 is 0 Å². The zero-order chi connectivity index (χ0) is 19.9. The summed E-state index contributed by atoms with van der Waals surface area (Å²) in [6.07, 6.45) is 4.57. The standard InChI is InChI=1S/C20H30N6O2S/c1-2-18-23-20(29-24-18)26-10-8-25(9-11-26)19(22-14-16-6-13-27-15-16)21-7-5-17-4-3-12-28-17/h3-4,12,16H,2,5-11,13-15H2,1H3,(H,21,22). The number of furan rings is 1. The molecule has 0 spiro atoms. The molecule has 4 heterocycles. The molecule has 1 N–H and O–H groups in total. The molecule has 0 amide bonds. The van der Waals surface area contributed by atoms with Gasteiger partial charge in [0.15, 0.2) is 5.96 Å². The number of rotatable bonds is 7. The zero-order valence-corrected chi connectivity index (χ0v) is 17.9. The Kier molecular flexibility index (Phi) is 7.00. The van der Waals surface area contributed by atoms with E-state index in [2.05, 4.69) is 31.4 Å². The van der Waals surface area contributed by atoms with Gasteiger partial charge in [-0.15, -0.1) is 0 Å². The van der Waals surface area contributed by atoms with Crippen LogP contribution in [0.15, 0.2) is 27.8 Å². The van der Waals surface area contributed by atoms with Gasteiger partial charge in [0, 0.05) is 76.2 Å². The monoisotopic (exact) mass is 418 g/mol. The minimum Gasteiger partial charge on any atom is -0.469 e. The zero-order valence-electron chi connectivity index (χ0n) is 17.0. The fourth-order valence-corrected chi connectivity index (χ4v) is 4.39. The predicted octanol–water partition coefficient (Wildman–Crippen LogP) is 2.04. The summed E-state index contributed by atoms with van der Waals surface area (Å²) < 4.78 is 15.4. The van der Waals surface area contributed by atoms with Crippen LogP contribution in [0.25, 0.3) is 0 Å². The molecule has 2 fully saturated rings. The Morgan fingerprint density at radius 1 is 1.34 bits per heavy atom. The summed E-state index contributed by atoms with van der Waals surface area (Å²) in [5, 5.41) is 4.59. The largest absolute Gasteiger partial charge is 0.469 e. The fraction of sp³-hybridized carbons (Fsp3) is 0.650. The highest BCUT2D eigenvalue weighted by molar-refractivity contribution is 7.09. The van der Waals surface area contributed by atoms with Gasteiger partial charge in [0.2, 0.25) is 5.13 Å². The molecule has 0 aliphatic carbocycles. The van der Waals surface area contributed by atoms with Crippen LogP contribution < -0.4 is 10.2 Å². The fourth-order valence-electron chi connectivity index (χ4n) is 3.59. The van der Waals surface area contributed by atoms with E-state index in [4.69, 9.17) is 14.1 Å². The highest BCUT2D eigenvalue weighted by Gasteiger charge is 2.23. The summed E-state index contributed by atoms with van der Waals surface area (Å²) in [6.45, 7) is 9.13. The van der Waals surface area contributed by atoms with Crippen LogP contribution in [0.2, 0.25) is 0 Å². The summed E-state index contributed by atoms with van der Waals surface area (Å²) in [4.78, 5) is 14.3. The molecule has 2 aromatic rings. The van der Waals surface area contributed by atoms with Gasteiger partial charge in [-0.05, 0) is 18.6 Å². The topological polar surface area (TPSA) is 79.0 Å². The average molecular weight is 419 g/mol. The molecule has 2 aliphatic heterocycles. The van der Waals surface area contributed by atoms with E-state index in [0.717, 1.165) is 94.4 Å². The number of aromatic nitrogens is 2. The third-order valence-corrected chi connectivity index (χ3v) is 6.20. The van der Waals surface area contributed by atoms with Gasteiger partial charge < -0.3 is 24.3 Å². The maximum atomic E-state index is 5.51. The lowest BCUT2D eigenvalue weighted by Gasteiger charge is -2.36. The van der Waals surface area contributed by atoms with Crippen LogP contribution in [-0.4, -0.2) is 72.7 Å². The van der Waals surface area contributed by atoms with E-state index in [-0.39, 0.29) is 0 Å². The number of aliphatic imine (C=N–C) groups is 1. The number of nitrogens with zero attached hydrogens (tertiary/aromatic N) is 5. The Morgan fingerprint density at radius 3 is 2.93 bits per heavy atom.